The molecule has 178 valence electrons. The number of imide groups is 1. The second-order valence-corrected chi connectivity index (χ2v) is 8.89. The molecule has 1 aliphatic rings. The zero-order valence-corrected chi connectivity index (χ0v) is 19.4. The van der Waals surface area contributed by atoms with E-state index in [0.29, 0.717) is 38.3 Å². The maximum absolute atomic E-state index is 13.1. The Morgan fingerprint density at radius 1 is 1.03 bits per heavy atom. The molecule has 9 nitrogen and oxygen atoms in total. The first-order valence-electron chi connectivity index (χ1n) is 11.0. The highest BCUT2D eigenvalue weighted by Gasteiger charge is 2.27. The Balaban J connectivity index is 1.36. The third-order valence-electron chi connectivity index (χ3n) is 5.66. The molecule has 0 spiro atoms. The second kappa shape index (κ2) is 11.1. The molecule has 4 rings (SSSR count). The quantitative estimate of drug-likeness (QED) is 0.425. The van der Waals surface area contributed by atoms with Crippen LogP contribution in [0.5, 0.6) is 0 Å². The van der Waals surface area contributed by atoms with E-state index in [1.165, 1.54) is 11.3 Å². The Morgan fingerprint density at radius 3 is 2.65 bits per heavy atom. The number of hydrogen-bond acceptors (Lipinski definition) is 7. The van der Waals surface area contributed by atoms with Crippen molar-refractivity contribution in [1.82, 2.24) is 15.3 Å². The van der Waals surface area contributed by atoms with E-state index in [-0.39, 0.29) is 19.2 Å². The van der Waals surface area contributed by atoms with Crippen LogP contribution in [-0.2, 0) is 16.1 Å². The molecule has 0 bridgehead atoms. The molecule has 10 heteroatoms. The van der Waals surface area contributed by atoms with Crippen molar-refractivity contribution < 1.29 is 24.3 Å². The summed E-state index contributed by atoms with van der Waals surface area (Å²) in [6.07, 6.45) is 0.281. The van der Waals surface area contributed by atoms with Crippen molar-refractivity contribution in [2.75, 3.05) is 37.6 Å². The number of hydroxylamine groups is 1. The first kappa shape index (κ1) is 23.7. The van der Waals surface area contributed by atoms with Gasteiger partial charge in [0.2, 0.25) is 5.91 Å². The van der Waals surface area contributed by atoms with E-state index in [1.54, 1.807) is 22.5 Å². The minimum atomic E-state index is -0.915. The van der Waals surface area contributed by atoms with Gasteiger partial charge in [-0.3, -0.25) is 14.9 Å². The molecule has 1 aromatic heterocycles. The molecule has 2 N–H and O–H groups in total. The number of nitrogens with one attached hydrogen (secondary N) is 1. The largest absolute Gasteiger partial charge is 0.445 e. The van der Waals surface area contributed by atoms with Gasteiger partial charge in [0, 0.05) is 30.9 Å². The lowest BCUT2D eigenvalue weighted by Gasteiger charge is -2.25. The van der Waals surface area contributed by atoms with Crippen LogP contribution in [0.4, 0.5) is 15.3 Å². The maximum Gasteiger partial charge on any atom is 0.410 e. The van der Waals surface area contributed by atoms with Crippen LogP contribution in [-0.4, -0.2) is 65.8 Å². The van der Waals surface area contributed by atoms with Gasteiger partial charge in [0.05, 0.1) is 12.2 Å². The monoisotopic (exact) mass is 482 g/mol. The van der Waals surface area contributed by atoms with Crippen LogP contribution in [0.15, 0.2) is 60.0 Å². The molecule has 1 aliphatic heterocycles. The normalized spacial score (nSPS) is 14.4. The number of carbonyl (C=O) groups is 3. The molecule has 0 radical (unpaired) electrons. The van der Waals surface area contributed by atoms with Crippen molar-refractivity contribution in [3.63, 3.8) is 0 Å². The van der Waals surface area contributed by atoms with Crippen molar-refractivity contribution in [2.24, 2.45) is 0 Å². The van der Waals surface area contributed by atoms with Gasteiger partial charge >= 0.3 is 12.1 Å². The summed E-state index contributed by atoms with van der Waals surface area (Å²) in [4.78, 5) is 42.4. The fourth-order valence-corrected chi connectivity index (χ4v) is 4.71. The number of carbonyl (C=O) groups excluding carboxylic acids is 3. The maximum atomic E-state index is 13.1. The van der Waals surface area contributed by atoms with Crippen LogP contribution in [0, 0.1) is 0 Å². The SMILES string of the molecule is O=C(OCc1ccccc1)N1CCCN(CC(=O)N(C(=O)NO)c2ccc3ccsc3c2)CC1. The summed E-state index contributed by atoms with van der Waals surface area (Å²) < 4.78 is 6.35. The summed E-state index contributed by atoms with van der Waals surface area (Å²) in [5.41, 5.74) is 2.87. The molecule has 4 amide bonds. The lowest BCUT2D eigenvalue weighted by atomic mass is 10.2. The molecule has 1 fully saturated rings. The standard InChI is InChI=1S/C24H26N4O5S/c29-22(28(23(30)25-32)20-8-7-19-9-14-34-21(19)15-20)16-26-10-4-11-27(13-12-26)24(31)33-17-18-5-2-1-3-6-18/h1-3,5-9,14-15,32H,4,10-13,16-17H2,(H,25,30). The molecule has 0 atom stereocenters. The molecular weight excluding hydrogens is 456 g/mol. The number of fused-ring (bicyclic) bond motifs is 1. The first-order valence-corrected chi connectivity index (χ1v) is 11.9. The Hall–Kier alpha value is -3.47. The Kier molecular flexibility index (Phi) is 7.73. The highest BCUT2D eigenvalue weighted by Crippen LogP contribution is 2.27. The van der Waals surface area contributed by atoms with E-state index in [2.05, 4.69) is 0 Å². The molecular formula is C24H26N4O5S. The fourth-order valence-electron chi connectivity index (χ4n) is 3.89. The predicted octanol–water partition coefficient (Wildman–Crippen LogP) is 3.68. The van der Waals surface area contributed by atoms with Crippen LogP contribution in [0.1, 0.15) is 12.0 Å². The number of ether oxygens (including phenoxy) is 1. The molecule has 2 aromatic carbocycles. The van der Waals surface area contributed by atoms with E-state index in [9.17, 15) is 19.6 Å². The second-order valence-electron chi connectivity index (χ2n) is 7.95. The average molecular weight is 483 g/mol. The fraction of sp³-hybridized carbons (Fsp3) is 0.292. The van der Waals surface area contributed by atoms with E-state index in [4.69, 9.17) is 4.74 Å². The van der Waals surface area contributed by atoms with Gasteiger partial charge in [-0.2, -0.15) is 0 Å². The van der Waals surface area contributed by atoms with Gasteiger partial charge in [-0.15, -0.1) is 11.3 Å². The van der Waals surface area contributed by atoms with E-state index in [0.717, 1.165) is 20.5 Å². The van der Waals surface area contributed by atoms with Crippen molar-refractivity contribution in [2.45, 2.75) is 13.0 Å². The third kappa shape index (κ3) is 5.71. The molecule has 0 saturated carbocycles. The van der Waals surface area contributed by atoms with Gasteiger partial charge in [-0.1, -0.05) is 36.4 Å². The summed E-state index contributed by atoms with van der Waals surface area (Å²) in [6.45, 7) is 2.17. The van der Waals surface area contributed by atoms with Crippen LogP contribution in [0.2, 0.25) is 0 Å². The lowest BCUT2D eigenvalue weighted by Crippen LogP contribution is -2.48. The minimum Gasteiger partial charge on any atom is -0.445 e. The summed E-state index contributed by atoms with van der Waals surface area (Å²) in [5.74, 6) is -0.470. The van der Waals surface area contributed by atoms with Crippen LogP contribution < -0.4 is 10.4 Å². The highest BCUT2D eigenvalue weighted by molar-refractivity contribution is 7.17. The molecule has 0 aliphatic carbocycles. The number of nitrogens with zero attached hydrogens (tertiary/aromatic N) is 3. The molecule has 1 saturated heterocycles. The zero-order chi connectivity index (χ0) is 23.9. The van der Waals surface area contributed by atoms with Crippen LogP contribution in [0.3, 0.4) is 0 Å². The number of urea groups is 1. The van der Waals surface area contributed by atoms with E-state index >= 15 is 0 Å². The zero-order valence-electron chi connectivity index (χ0n) is 18.6. The van der Waals surface area contributed by atoms with E-state index < -0.39 is 11.9 Å². The molecule has 2 heterocycles. The van der Waals surface area contributed by atoms with Gasteiger partial charge in [-0.05, 0) is 40.9 Å². The number of rotatable bonds is 5. The van der Waals surface area contributed by atoms with Crippen molar-refractivity contribution in [3.8, 4) is 0 Å². The predicted molar refractivity (Wildman–Crippen MR) is 129 cm³/mol. The number of hydrogen-bond donors (Lipinski definition) is 2. The molecule has 3 aromatic rings. The Bertz CT molecular complexity index is 1150. The number of anilines is 1. The highest BCUT2D eigenvalue weighted by atomic mass is 32.1. The van der Waals surface area contributed by atoms with Crippen molar-refractivity contribution in [3.05, 3.63) is 65.5 Å². The Morgan fingerprint density at radius 2 is 1.85 bits per heavy atom. The topological polar surface area (TPSA) is 102 Å². The molecule has 0 unspecified atom stereocenters. The summed E-state index contributed by atoms with van der Waals surface area (Å²) in [5, 5.41) is 12.1. The van der Waals surface area contributed by atoms with Crippen LogP contribution in [0.25, 0.3) is 10.1 Å². The summed E-state index contributed by atoms with van der Waals surface area (Å²) in [6, 6.07) is 15.8. The Labute approximate surface area is 201 Å². The van der Waals surface area contributed by atoms with Gasteiger partial charge in [0.15, 0.2) is 0 Å². The lowest BCUT2D eigenvalue weighted by molar-refractivity contribution is -0.119. The van der Waals surface area contributed by atoms with Crippen molar-refractivity contribution >= 4 is 45.1 Å². The van der Waals surface area contributed by atoms with Gasteiger partial charge in [0.1, 0.15) is 6.61 Å². The average Bonchev–Trinajstić information content (AvgIpc) is 3.20. The third-order valence-corrected chi connectivity index (χ3v) is 6.54. The molecule has 34 heavy (non-hydrogen) atoms. The van der Waals surface area contributed by atoms with Gasteiger partial charge in [-0.25, -0.2) is 20.0 Å². The van der Waals surface area contributed by atoms with Gasteiger partial charge < -0.3 is 9.64 Å². The van der Waals surface area contributed by atoms with Crippen molar-refractivity contribution in [1.29, 1.82) is 0 Å². The number of amides is 4. The minimum absolute atomic E-state index is 0.0250. The van der Waals surface area contributed by atoms with Gasteiger partial charge in [0.25, 0.3) is 0 Å². The number of benzene rings is 2. The van der Waals surface area contributed by atoms with E-state index in [1.807, 2.05) is 52.7 Å². The van der Waals surface area contributed by atoms with Crippen LogP contribution >= 0.6 is 11.3 Å². The smallest absolute Gasteiger partial charge is 0.410 e. The summed E-state index contributed by atoms with van der Waals surface area (Å²) >= 11 is 1.50. The first-order chi connectivity index (χ1) is 16.5. The number of thiophene rings is 1. The summed E-state index contributed by atoms with van der Waals surface area (Å²) in [7, 11) is 0.